The maximum absolute atomic E-state index is 12.1. The van der Waals surface area contributed by atoms with Crippen molar-refractivity contribution in [2.45, 2.75) is 31.7 Å². The molecule has 4 heteroatoms. The Bertz CT molecular complexity index is 439. The molecule has 0 atom stereocenters. The van der Waals surface area contributed by atoms with E-state index in [1.54, 1.807) is 0 Å². The first-order valence-corrected chi connectivity index (χ1v) is 7.80. The summed E-state index contributed by atoms with van der Waals surface area (Å²) in [6.45, 7) is 5.75. The monoisotopic (exact) mass is 290 g/mol. The van der Waals surface area contributed by atoms with E-state index >= 15 is 0 Å². The largest absolute Gasteiger partial charge is 0.468 e. The average molecular weight is 290 g/mol. The fourth-order valence-corrected chi connectivity index (χ4v) is 3.08. The van der Waals surface area contributed by atoms with Crippen LogP contribution in [0.1, 0.15) is 25.3 Å². The number of carbonyl (C=O) groups is 1. The van der Waals surface area contributed by atoms with Crippen LogP contribution >= 0.6 is 0 Å². The van der Waals surface area contributed by atoms with Gasteiger partial charge in [-0.2, -0.15) is 0 Å². The van der Waals surface area contributed by atoms with Gasteiger partial charge in [-0.1, -0.05) is 37.3 Å². The summed E-state index contributed by atoms with van der Waals surface area (Å²) in [6.07, 6.45) is 2.71. The summed E-state index contributed by atoms with van der Waals surface area (Å²) in [5.74, 6) is -0.118. The van der Waals surface area contributed by atoms with Gasteiger partial charge < -0.3 is 15.0 Å². The summed E-state index contributed by atoms with van der Waals surface area (Å²) in [7, 11) is 1.48. The summed E-state index contributed by atoms with van der Waals surface area (Å²) in [5.41, 5.74) is 0.890. The van der Waals surface area contributed by atoms with Crippen LogP contribution in [0.25, 0.3) is 0 Å². The Kier molecular flexibility index (Phi) is 5.76. The molecule has 1 fully saturated rings. The highest BCUT2D eigenvalue weighted by Crippen LogP contribution is 2.24. The van der Waals surface area contributed by atoms with E-state index in [1.165, 1.54) is 12.7 Å². The molecule has 0 aliphatic carbocycles. The maximum atomic E-state index is 12.1. The lowest BCUT2D eigenvalue weighted by molar-refractivity contribution is -0.150. The number of benzene rings is 1. The second kappa shape index (κ2) is 7.57. The molecule has 21 heavy (non-hydrogen) atoms. The summed E-state index contributed by atoms with van der Waals surface area (Å²) in [6, 6.07) is 10.5. The minimum Gasteiger partial charge on any atom is -0.468 e. The molecule has 1 saturated heterocycles. The lowest BCUT2D eigenvalue weighted by Crippen LogP contribution is -2.58. The zero-order chi connectivity index (χ0) is 15.1. The van der Waals surface area contributed by atoms with Crippen LogP contribution in [0, 0.1) is 0 Å². The zero-order valence-corrected chi connectivity index (χ0v) is 13.1. The van der Waals surface area contributed by atoms with Gasteiger partial charge in [-0.3, -0.25) is 4.79 Å². The fourth-order valence-electron chi connectivity index (χ4n) is 3.08. The van der Waals surface area contributed by atoms with E-state index in [9.17, 15) is 4.79 Å². The van der Waals surface area contributed by atoms with Crippen molar-refractivity contribution < 1.29 is 9.53 Å². The first kappa shape index (κ1) is 16.0. The molecule has 0 saturated carbocycles. The van der Waals surface area contributed by atoms with Crippen LogP contribution in [-0.2, 0) is 16.0 Å². The number of hydrogen-bond acceptors (Lipinski definition) is 4. The van der Waals surface area contributed by atoms with E-state index in [-0.39, 0.29) is 5.97 Å². The van der Waals surface area contributed by atoms with Crippen LogP contribution in [0.3, 0.4) is 0 Å². The molecule has 0 bridgehead atoms. The van der Waals surface area contributed by atoms with E-state index in [1.807, 2.05) is 13.0 Å². The molecule has 1 aliphatic rings. The lowest BCUT2D eigenvalue weighted by atomic mass is 9.87. The van der Waals surface area contributed by atoms with Gasteiger partial charge >= 0.3 is 5.97 Å². The standard InChI is InChI=1S/C17H26N2O2/c1-3-18-17(16(20)21-2)10-13-19(14-11-17)12-9-15-7-5-4-6-8-15/h4-8,18H,3,9-14H2,1-2H3. The summed E-state index contributed by atoms with van der Waals surface area (Å²) in [5, 5.41) is 3.34. The minimum absolute atomic E-state index is 0.118. The number of carbonyl (C=O) groups excluding carboxylic acids is 1. The molecule has 1 aromatic carbocycles. The van der Waals surface area contributed by atoms with Crippen molar-refractivity contribution in [1.82, 2.24) is 10.2 Å². The number of methoxy groups -OCH3 is 1. The Morgan fingerprint density at radius 3 is 2.52 bits per heavy atom. The number of likely N-dealkylation sites (N-methyl/N-ethyl adjacent to an activating group) is 1. The van der Waals surface area contributed by atoms with Crippen LogP contribution in [0.2, 0.25) is 0 Å². The number of nitrogens with zero attached hydrogens (tertiary/aromatic N) is 1. The summed E-state index contributed by atoms with van der Waals surface area (Å²) in [4.78, 5) is 14.5. The number of hydrogen-bond donors (Lipinski definition) is 1. The average Bonchev–Trinajstić information content (AvgIpc) is 2.54. The first-order chi connectivity index (χ1) is 10.2. The van der Waals surface area contributed by atoms with Crippen molar-refractivity contribution in [3.63, 3.8) is 0 Å². The normalized spacial score (nSPS) is 18.4. The predicted molar refractivity (Wildman–Crippen MR) is 84.2 cm³/mol. The van der Waals surface area contributed by atoms with Gasteiger partial charge in [0.05, 0.1) is 7.11 Å². The quantitative estimate of drug-likeness (QED) is 0.812. The van der Waals surface area contributed by atoms with Crippen molar-refractivity contribution in [1.29, 1.82) is 0 Å². The Balaban J connectivity index is 1.85. The molecule has 116 valence electrons. The number of piperidine rings is 1. The maximum Gasteiger partial charge on any atom is 0.326 e. The van der Waals surface area contributed by atoms with Gasteiger partial charge in [-0.05, 0) is 31.4 Å². The Morgan fingerprint density at radius 2 is 1.95 bits per heavy atom. The summed E-state index contributed by atoms with van der Waals surface area (Å²) < 4.78 is 4.99. The van der Waals surface area contributed by atoms with Crippen molar-refractivity contribution in [2.75, 3.05) is 33.3 Å². The number of nitrogens with one attached hydrogen (secondary N) is 1. The first-order valence-electron chi connectivity index (χ1n) is 7.80. The molecular weight excluding hydrogens is 264 g/mol. The Labute approximate surface area is 127 Å². The number of esters is 1. The molecular formula is C17H26N2O2. The number of ether oxygens (including phenoxy) is 1. The predicted octanol–water partition coefficient (Wildman–Crippen LogP) is 1.85. The number of likely N-dealkylation sites (tertiary alicyclic amines) is 1. The van der Waals surface area contributed by atoms with Crippen LogP contribution in [0.5, 0.6) is 0 Å². The molecule has 1 aromatic rings. The third kappa shape index (κ3) is 4.05. The highest BCUT2D eigenvalue weighted by Gasteiger charge is 2.41. The molecule has 0 amide bonds. The van der Waals surface area contributed by atoms with Gasteiger partial charge in [-0.25, -0.2) is 0 Å². The van der Waals surface area contributed by atoms with Crippen molar-refractivity contribution in [3.05, 3.63) is 35.9 Å². The van der Waals surface area contributed by atoms with Gasteiger partial charge in [-0.15, -0.1) is 0 Å². The number of rotatable bonds is 6. The summed E-state index contributed by atoms with van der Waals surface area (Å²) >= 11 is 0. The van der Waals surface area contributed by atoms with Gasteiger partial charge in [0.1, 0.15) is 5.54 Å². The van der Waals surface area contributed by atoms with E-state index in [2.05, 4.69) is 34.5 Å². The highest BCUT2D eigenvalue weighted by atomic mass is 16.5. The highest BCUT2D eigenvalue weighted by molar-refractivity contribution is 5.81. The fraction of sp³-hybridized carbons (Fsp3) is 0.588. The van der Waals surface area contributed by atoms with Crippen molar-refractivity contribution in [2.24, 2.45) is 0 Å². The van der Waals surface area contributed by atoms with Crippen molar-refractivity contribution in [3.8, 4) is 0 Å². The van der Waals surface area contributed by atoms with Gasteiger partial charge in [0.15, 0.2) is 0 Å². The lowest BCUT2D eigenvalue weighted by Gasteiger charge is -2.40. The van der Waals surface area contributed by atoms with E-state index < -0.39 is 5.54 Å². The van der Waals surface area contributed by atoms with Crippen molar-refractivity contribution >= 4 is 5.97 Å². The second-order valence-electron chi connectivity index (χ2n) is 5.68. The molecule has 1 heterocycles. The van der Waals surface area contributed by atoms with Gasteiger partial charge in [0.25, 0.3) is 0 Å². The smallest absolute Gasteiger partial charge is 0.326 e. The third-order valence-electron chi connectivity index (χ3n) is 4.36. The van der Waals surface area contributed by atoms with Gasteiger partial charge in [0.2, 0.25) is 0 Å². The molecule has 1 N–H and O–H groups in total. The van der Waals surface area contributed by atoms with Gasteiger partial charge in [0, 0.05) is 19.6 Å². The Morgan fingerprint density at radius 1 is 1.29 bits per heavy atom. The SMILES string of the molecule is CCNC1(C(=O)OC)CCN(CCc2ccccc2)CC1. The molecule has 4 nitrogen and oxygen atoms in total. The van der Waals surface area contributed by atoms with Crippen LogP contribution in [0.15, 0.2) is 30.3 Å². The molecule has 0 spiro atoms. The van der Waals surface area contributed by atoms with E-state index in [0.717, 1.165) is 45.4 Å². The van der Waals surface area contributed by atoms with Crippen LogP contribution in [0.4, 0.5) is 0 Å². The molecule has 1 aliphatic heterocycles. The van der Waals surface area contributed by atoms with E-state index in [0.29, 0.717) is 0 Å². The van der Waals surface area contributed by atoms with Crippen LogP contribution < -0.4 is 5.32 Å². The van der Waals surface area contributed by atoms with E-state index in [4.69, 9.17) is 4.74 Å². The second-order valence-corrected chi connectivity index (χ2v) is 5.68. The zero-order valence-electron chi connectivity index (χ0n) is 13.1. The Hall–Kier alpha value is -1.39. The molecule has 0 radical (unpaired) electrons. The molecule has 0 unspecified atom stereocenters. The van der Waals surface area contributed by atoms with Crippen LogP contribution in [-0.4, -0.2) is 49.7 Å². The third-order valence-corrected chi connectivity index (χ3v) is 4.36. The molecule has 2 rings (SSSR count). The topological polar surface area (TPSA) is 41.6 Å². The minimum atomic E-state index is -0.479. The molecule has 0 aromatic heterocycles.